The van der Waals surface area contributed by atoms with Crippen LogP contribution < -0.4 is 35.7 Å². The van der Waals surface area contributed by atoms with Crippen molar-refractivity contribution in [1.29, 1.82) is 0 Å². The predicted molar refractivity (Wildman–Crippen MR) is 109 cm³/mol. The quantitative estimate of drug-likeness (QED) is 0.354. The molecule has 0 saturated carbocycles. The van der Waals surface area contributed by atoms with Gasteiger partial charge in [-0.25, -0.2) is 4.98 Å². The number of pyridine rings is 1. The average molecular weight is 465 g/mol. The SMILES string of the molecule is CC(=NNc1ccccc1)c1cccc(C(C)=NNc2ccccc2)n1.[Cl-].[Cl-].[V+2]. The van der Waals surface area contributed by atoms with Gasteiger partial charge >= 0.3 is 18.6 Å². The molecule has 149 valence electrons. The van der Waals surface area contributed by atoms with Crippen molar-refractivity contribution in [3.8, 4) is 0 Å². The first kappa shape index (κ1) is 26.7. The molecule has 2 N–H and O–H groups in total. The van der Waals surface area contributed by atoms with E-state index in [0.717, 1.165) is 34.2 Å². The molecule has 2 aromatic carbocycles. The zero-order valence-electron chi connectivity index (χ0n) is 16.1. The Kier molecular flexibility index (Phi) is 12.7. The summed E-state index contributed by atoms with van der Waals surface area (Å²) in [4.78, 5) is 4.66. The molecule has 0 aliphatic heterocycles. The van der Waals surface area contributed by atoms with Crippen LogP contribution >= 0.6 is 0 Å². The van der Waals surface area contributed by atoms with E-state index in [1.165, 1.54) is 0 Å². The number of rotatable bonds is 6. The van der Waals surface area contributed by atoms with Crippen LogP contribution in [0.5, 0.6) is 0 Å². The van der Waals surface area contributed by atoms with E-state index >= 15 is 0 Å². The molecule has 5 nitrogen and oxygen atoms in total. The smallest absolute Gasteiger partial charge is 1.00 e. The van der Waals surface area contributed by atoms with E-state index in [1.54, 1.807) is 0 Å². The number of nitrogens with one attached hydrogen (secondary N) is 2. The molecule has 1 radical (unpaired) electrons. The average Bonchev–Trinajstić information content (AvgIpc) is 2.72. The number of hydrogen-bond donors (Lipinski definition) is 2. The summed E-state index contributed by atoms with van der Waals surface area (Å²) in [7, 11) is 0. The van der Waals surface area contributed by atoms with Gasteiger partial charge in [-0.3, -0.25) is 10.9 Å². The summed E-state index contributed by atoms with van der Waals surface area (Å²) in [5.41, 5.74) is 11.2. The van der Waals surface area contributed by atoms with Gasteiger partial charge in [0.1, 0.15) is 0 Å². The molecule has 0 spiro atoms. The third-order valence-electron chi connectivity index (χ3n) is 3.74. The Morgan fingerprint density at radius 1 is 0.621 bits per heavy atom. The fraction of sp³-hybridized carbons (Fsp3) is 0.0952. The van der Waals surface area contributed by atoms with Crippen molar-refractivity contribution in [3.05, 3.63) is 90.3 Å². The Balaban J connectivity index is 0.00000261. The molecule has 3 rings (SSSR count). The maximum absolute atomic E-state index is 4.66. The zero-order chi connectivity index (χ0) is 18.2. The van der Waals surface area contributed by atoms with Gasteiger partial charge in [-0.15, -0.1) is 0 Å². The van der Waals surface area contributed by atoms with Crippen LogP contribution in [0.15, 0.2) is 89.1 Å². The van der Waals surface area contributed by atoms with Gasteiger partial charge in [0.2, 0.25) is 0 Å². The molecule has 0 atom stereocenters. The van der Waals surface area contributed by atoms with E-state index in [2.05, 4.69) is 26.0 Å². The monoisotopic (exact) mass is 464 g/mol. The van der Waals surface area contributed by atoms with Gasteiger partial charge < -0.3 is 24.8 Å². The van der Waals surface area contributed by atoms with Crippen LogP contribution in [0, 0.1) is 0 Å². The van der Waals surface area contributed by atoms with Gasteiger partial charge in [-0.1, -0.05) is 42.5 Å². The number of hydrazone groups is 2. The fourth-order valence-electron chi connectivity index (χ4n) is 2.27. The molecule has 3 aromatic rings. The molecule has 8 heteroatoms. The van der Waals surface area contributed by atoms with Crippen LogP contribution in [0.2, 0.25) is 0 Å². The van der Waals surface area contributed by atoms with E-state index in [1.807, 2.05) is 92.7 Å². The minimum atomic E-state index is 0. The van der Waals surface area contributed by atoms with E-state index in [9.17, 15) is 0 Å². The summed E-state index contributed by atoms with van der Waals surface area (Å²) in [5, 5.41) is 8.81. The van der Waals surface area contributed by atoms with Crippen LogP contribution in [0.25, 0.3) is 0 Å². The molecule has 0 saturated heterocycles. The number of halogens is 2. The predicted octanol–water partition coefficient (Wildman–Crippen LogP) is -1.24. The summed E-state index contributed by atoms with van der Waals surface area (Å²) in [6.45, 7) is 3.85. The molecule has 0 amide bonds. The van der Waals surface area contributed by atoms with Gasteiger partial charge in [-0.05, 0) is 50.2 Å². The van der Waals surface area contributed by atoms with Crippen molar-refractivity contribution in [2.75, 3.05) is 10.9 Å². The topological polar surface area (TPSA) is 61.7 Å². The Labute approximate surface area is 195 Å². The van der Waals surface area contributed by atoms with Crippen molar-refractivity contribution < 1.29 is 43.4 Å². The molecular weight excluding hydrogens is 444 g/mol. The molecule has 29 heavy (non-hydrogen) atoms. The molecule has 0 bridgehead atoms. The number of aromatic nitrogens is 1. The normalized spacial score (nSPS) is 10.7. The summed E-state index contributed by atoms with van der Waals surface area (Å²) < 4.78 is 0. The summed E-state index contributed by atoms with van der Waals surface area (Å²) in [6, 6.07) is 25.5. The minimum absolute atomic E-state index is 0. The largest absolute Gasteiger partial charge is 2.00 e. The van der Waals surface area contributed by atoms with Crippen LogP contribution in [0.4, 0.5) is 11.4 Å². The molecule has 0 fully saturated rings. The van der Waals surface area contributed by atoms with Gasteiger partial charge in [0.05, 0.1) is 34.2 Å². The first-order valence-corrected chi connectivity index (χ1v) is 8.41. The molecule has 0 unspecified atom stereocenters. The summed E-state index contributed by atoms with van der Waals surface area (Å²) in [5.74, 6) is 0. The molecule has 0 aliphatic carbocycles. The van der Waals surface area contributed by atoms with Crippen LogP contribution in [-0.2, 0) is 18.6 Å². The molecule has 0 aliphatic rings. The van der Waals surface area contributed by atoms with Crippen molar-refractivity contribution in [3.63, 3.8) is 0 Å². The second-order valence-electron chi connectivity index (χ2n) is 5.76. The van der Waals surface area contributed by atoms with Gasteiger partial charge in [0.15, 0.2) is 0 Å². The fourth-order valence-corrected chi connectivity index (χ4v) is 2.27. The Morgan fingerprint density at radius 3 is 1.38 bits per heavy atom. The molecule has 1 heterocycles. The number of para-hydroxylation sites is 2. The van der Waals surface area contributed by atoms with Crippen LogP contribution in [-0.4, -0.2) is 16.4 Å². The van der Waals surface area contributed by atoms with Crippen LogP contribution in [0.3, 0.4) is 0 Å². The third kappa shape index (κ3) is 8.30. The van der Waals surface area contributed by atoms with Crippen molar-refractivity contribution in [2.45, 2.75) is 13.8 Å². The van der Waals surface area contributed by atoms with Gasteiger partial charge in [0.25, 0.3) is 0 Å². The van der Waals surface area contributed by atoms with Gasteiger partial charge in [0, 0.05) is 0 Å². The minimum Gasteiger partial charge on any atom is -1.00 e. The summed E-state index contributed by atoms with van der Waals surface area (Å²) in [6.07, 6.45) is 0. The molecular formula is C21H21Cl2N5V. The van der Waals surface area contributed by atoms with Crippen LogP contribution in [0.1, 0.15) is 25.2 Å². The van der Waals surface area contributed by atoms with Crippen molar-refractivity contribution >= 4 is 22.8 Å². The number of benzene rings is 2. The molecule has 1 aromatic heterocycles. The van der Waals surface area contributed by atoms with E-state index in [-0.39, 0.29) is 43.4 Å². The Bertz CT molecular complexity index is 846. The van der Waals surface area contributed by atoms with Gasteiger partial charge in [-0.2, -0.15) is 10.2 Å². The van der Waals surface area contributed by atoms with Crippen molar-refractivity contribution in [1.82, 2.24) is 4.98 Å². The third-order valence-corrected chi connectivity index (χ3v) is 3.74. The zero-order valence-corrected chi connectivity index (χ0v) is 19.0. The second-order valence-corrected chi connectivity index (χ2v) is 5.76. The van der Waals surface area contributed by atoms with Crippen molar-refractivity contribution in [2.24, 2.45) is 10.2 Å². The first-order chi connectivity index (χ1) is 12.7. The first-order valence-electron chi connectivity index (χ1n) is 8.41. The number of anilines is 2. The van der Waals surface area contributed by atoms with E-state index < -0.39 is 0 Å². The Hall–Kier alpha value is -2.31. The Morgan fingerprint density at radius 2 is 1.00 bits per heavy atom. The number of hydrogen-bond acceptors (Lipinski definition) is 5. The maximum atomic E-state index is 4.66. The standard InChI is InChI=1S/C21H21N5.2ClH.V/c1-16(23-25-18-10-5-3-6-11-18)20-14-9-15-21(22-20)17(2)24-26-19-12-7-4-8-13-19;;;/h3-15,25-26H,1-2H3;2*1H;/q;;;+2/p-2. The summed E-state index contributed by atoms with van der Waals surface area (Å²) >= 11 is 0. The maximum Gasteiger partial charge on any atom is 2.00 e. The number of nitrogens with zero attached hydrogens (tertiary/aromatic N) is 3. The second kappa shape index (κ2) is 13.8. The van der Waals surface area contributed by atoms with E-state index in [0.29, 0.717) is 0 Å². The van der Waals surface area contributed by atoms with E-state index in [4.69, 9.17) is 0 Å².